The number of alkyl halides is 9. The van der Waals surface area contributed by atoms with Gasteiger partial charge in [0, 0.05) is 11.8 Å². The SMILES string of the molecule is CCC(=O)C[S+]1CCCC(C)(C)C1.O=S(=O)([O-])C(F)(F)C(F)(F)C(F)(F)C(F)(F)F. The van der Waals surface area contributed by atoms with Crippen LogP contribution in [-0.2, 0) is 25.8 Å². The fourth-order valence-corrected chi connectivity index (χ4v) is 5.72. The highest BCUT2D eigenvalue weighted by atomic mass is 32.2. The number of ketones is 1. The van der Waals surface area contributed by atoms with E-state index in [1.807, 2.05) is 6.92 Å². The normalized spacial score (nSPS) is 20.9. The van der Waals surface area contributed by atoms with Crippen molar-refractivity contribution in [1.82, 2.24) is 0 Å². The number of carbonyl (C=O) groups is 1. The molecule has 1 heterocycles. The van der Waals surface area contributed by atoms with E-state index in [1.54, 1.807) is 0 Å². The molecule has 0 amide bonds. The van der Waals surface area contributed by atoms with Gasteiger partial charge in [0.15, 0.2) is 21.7 Å². The van der Waals surface area contributed by atoms with Crippen LogP contribution >= 0.6 is 0 Å². The molecule has 0 bridgehead atoms. The van der Waals surface area contributed by atoms with Crippen LogP contribution in [0.3, 0.4) is 0 Å². The molecule has 1 aliphatic heterocycles. The average Bonchev–Trinajstić information content (AvgIpc) is 2.51. The number of Topliss-reactive ketones (excluding diaryl/α,β-unsaturated/α-hetero) is 1. The predicted molar refractivity (Wildman–Crippen MR) is 90.9 cm³/mol. The van der Waals surface area contributed by atoms with Crippen molar-refractivity contribution in [1.29, 1.82) is 0 Å². The lowest BCUT2D eigenvalue weighted by Crippen LogP contribution is -2.63. The highest BCUT2D eigenvalue weighted by Crippen LogP contribution is 2.54. The number of halogens is 9. The van der Waals surface area contributed by atoms with Crippen LogP contribution in [-0.4, -0.2) is 59.3 Å². The number of hydrogen-bond donors (Lipinski definition) is 0. The molecule has 1 saturated heterocycles. The highest BCUT2D eigenvalue weighted by molar-refractivity contribution is 7.97. The van der Waals surface area contributed by atoms with Gasteiger partial charge in [-0.2, -0.15) is 39.5 Å². The van der Waals surface area contributed by atoms with E-state index in [1.165, 1.54) is 24.3 Å². The second-order valence-electron chi connectivity index (χ2n) is 7.38. The summed E-state index contributed by atoms with van der Waals surface area (Å²) in [6.45, 7) is 6.64. The van der Waals surface area contributed by atoms with Crippen molar-refractivity contribution >= 4 is 26.8 Å². The largest absolute Gasteiger partial charge is 0.743 e. The number of hydrogen-bond acceptors (Lipinski definition) is 4. The molecule has 1 fully saturated rings. The molecule has 0 aliphatic carbocycles. The molecular formula is C15H21F9O4S2. The summed E-state index contributed by atoms with van der Waals surface area (Å²) in [7, 11) is -7.01. The van der Waals surface area contributed by atoms with Gasteiger partial charge in [0.05, 0.1) is 0 Å². The van der Waals surface area contributed by atoms with Crippen LogP contribution in [0.25, 0.3) is 0 Å². The third-order valence-electron chi connectivity index (χ3n) is 4.07. The van der Waals surface area contributed by atoms with Gasteiger partial charge in [0.25, 0.3) is 0 Å². The number of carbonyl (C=O) groups excluding carboxylic acids is 1. The maximum atomic E-state index is 12.2. The molecule has 0 aromatic rings. The first-order valence-electron chi connectivity index (χ1n) is 8.35. The lowest BCUT2D eigenvalue weighted by molar-refractivity contribution is -0.382. The Kier molecular flexibility index (Phi) is 9.21. The van der Waals surface area contributed by atoms with Crippen molar-refractivity contribution in [2.75, 3.05) is 17.3 Å². The average molecular weight is 500 g/mol. The van der Waals surface area contributed by atoms with E-state index < -0.39 is 33.4 Å². The van der Waals surface area contributed by atoms with E-state index in [4.69, 9.17) is 0 Å². The topological polar surface area (TPSA) is 74.3 Å². The smallest absolute Gasteiger partial charge is 0.460 e. The first-order chi connectivity index (χ1) is 13.0. The van der Waals surface area contributed by atoms with Crippen LogP contribution in [0, 0.1) is 5.41 Å². The number of rotatable bonds is 6. The van der Waals surface area contributed by atoms with Gasteiger partial charge in [0.2, 0.25) is 0 Å². The lowest BCUT2D eigenvalue weighted by Gasteiger charge is -2.34. The third-order valence-corrected chi connectivity index (χ3v) is 7.74. The van der Waals surface area contributed by atoms with Gasteiger partial charge < -0.3 is 4.55 Å². The molecule has 1 atom stereocenters. The van der Waals surface area contributed by atoms with Crippen LogP contribution in [0.1, 0.15) is 40.0 Å². The summed E-state index contributed by atoms with van der Waals surface area (Å²) in [5.41, 5.74) is 0.495. The van der Waals surface area contributed by atoms with E-state index in [0.29, 0.717) is 22.1 Å². The van der Waals surface area contributed by atoms with Crippen molar-refractivity contribution < 1.29 is 57.3 Å². The van der Waals surface area contributed by atoms with Gasteiger partial charge in [-0.15, -0.1) is 0 Å². The minimum Gasteiger partial charge on any atom is -0.743 e. The van der Waals surface area contributed by atoms with Gasteiger partial charge in [-0.25, -0.2) is 8.42 Å². The molecule has 1 aliphatic rings. The van der Waals surface area contributed by atoms with Crippen molar-refractivity contribution in [3.05, 3.63) is 0 Å². The Balaban J connectivity index is 0.000000579. The van der Waals surface area contributed by atoms with Crippen LogP contribution in [0.2, 0.25) is 0 Å². The zero-order chi connectivity index (χ0) is 24.4. The summed E-state index contributed by atoms with van der Waals surface area (Å²) >= 11 is 0. The second-order valence-corrected chi connectivity index (χ2v) is 11.0. The molecule has 4 nitrogen and oxygen atoms in total. The summed E-state index contributed by atoms with van der Waals surface area (Å²) in [4.78, 5) is 11.3. The monoisotopic (exact) mass is 500 g/mol. The minimum absolute atomic E-state index is 0.406. The molecule has 0 N–H and O–H groups in total. The second kappa shape index (κ2) is 9.43. The fraction of sp³-hybridized carbons (Fsp3) is 0.933. The molecule has 1 rings (SSSR count). The van der Waals surface area contributed by atoms with Crippen LogP contribution in [0.5, 0.6) is 0 Å². The van der Waals surface area contributed by atoms with E-state index in [2.05, 4.69) is 13.8 Å². The van der Waals surface area contributed by atoms with Crippen LogP contribution < -0.4 is 0 Å². The van der Waals surface area contributed by atoms with E-state index in [0.717, 1.165) is 12.2 Å². The van der Waals surface area contributed by atoms with E-state index >= 15 is 0 Å². The van der Waals surface area contributed by atoms with Gasteiger partial charge in [-0.1, -0.05) is 20.8 Å². The Morgan fingerprint density at radius 2 is 1.47 bits per heavy atom. The summed E-state index contributed by atoms with van der Waals surface area (Å²) in [5.74, 6) is -10.9. The maximum Gasteiger partial charge on any atom is 0.460 e. The maximum absolute atomic E-state index is 12.2. The molecular weight excluding hydrogens is 479 g/mol. The standard InChI is InChI=1S/C11H21OS.C4HF9O3S/c1-4-10(12)8-13-7-5-6-11(2,3)9-13;5-1(6,3(9,10)11)2(7,8)4(12,13)17(14,15)16/h4-9H2,1-3H3;(H,14,15,16)/q+1;/p-1. The Morgan fingerprint density at radius 1 is 1.00 bits per heavy atom. The molecule has 0 radical (unpaired) electrons. The molecule has 180 valence electrons. The summed E-state index contributed by atoms with van der Waals surface area (Å²) < 4.78 is 135. The molecule has 30 heavy (non-hydrogen) atoms. The van der Waals surface area contributed by atoms with Crippen molar-refractivity contribution in [3.63, 3.8) is 0 Å². The van der Waals surface area contributed by atoms with Crippen molar-refractivity contribution in [2.45, 2.75) is 63.3 Å². The Labute approximate surface area is 170 Å². The lowest BCUT2D eigenvalue weighted by atomic mass is 9.90. The zero-order valence-electron chi connectivity index (χ0n) is 16.1. The predicted octanol–water partition coefficient (Wildman–Crippen LogP) is 4.36. The van der Waals surface area contributed by atoms with Gasteiger partial charge in [0.1, 0.15) is 11.5 Å². The van der Waals surface area contributed by atoms with Gasteiger partial charge in [-0.05, 0) is 23.7 Å². The highest BCUT2D eigenvalue weighted by Gasteiger charge is 2.83. The minimum atomic E-state index is -7.43. The molecule has 0 saturated carbocycles. The summed E-state index contributed by atoms with van der Waals surface area (Å²) in [6, 6.07) is 0. The molecule has 0 aromatic heterocycles. The zero-order valence-corrected chi connectivity index (χ0v) is 17.7. The fourth-order valence-electron chi connectivity index (χ4n) is 2.42. The Hall–Kier alpha value is -0.700. The molecule has 1 unspecified atom stereocenters. The van der Waals surface area contributed by atoms with Crippen LogP contribution in [0.15, 0.2) is 0 Å². The van der Waals surface area contributed by atoms with Crippen molar-refractivity contribution in [2.24, 2.45) is 5.41 Å². The summed E-state index contributed by atoms with van der Waals surface area (Å²) in [5, 5.41) is -7.11. The molecule has 0 aromatic carbocycles. The van der Waals surface area contributed by atoms with Crippen LogP contribution in [0.4, 0.5) is 39.5 Å². The first kappa shape index (κ1) is 29.3. The van der Waals surface area contributed by atoms with E-state index in [-0.39, 0.29) is 0 Å². The van der Waals surface area contributed by atoms with Crippen molar-refractivity contribution in [3.8, 4) is 0 Å². The molecule has 15 heteroatoms. The Morgan fingerprint density at radius 3 is 1.80 bits per heavy atom. The third kappa shape index (κ3) is 6.65. The quantitative estimate of drug-likeness (QED) is 0.309. The molecule has 0 spiro atoms. The Bertz CT molecular complexity index is 703. The van der Waals surface area contributed by atoms with Gasteiger partial charge >= 0.3 is 23.3 Å². The van der Waals surface area contributed by atoms with E-state index in [9.17, 15) is 57.3 Å². The summed E-state index contributed by atoms with van der Waals surface area (Å²) in [6.07, 6.45) is -3.77. The van der Waals surface area contributed by atoms with Gasteiger partial charge in [-0.3, -0.25) is 4.79 Å². The first-order valence-corrected chi connectivity index (χ1v) is 11.5.